The molecule has 0 aliphatic heterocycles. The number of hydrogen-bond donors (Lipinski definition) is 1. The van der Waals surface area contributed by atoms with Crippen LogP contribution in [0.5, 0.6) is 0 Å². The number of aromatic nitrogens is 1. The highest BCUT2D eigenvalue weighted by molar-refractivity contribution is 6.10. The van der Waals surface area contributed by atoms with E-state index in [4.69, 9.17) is 0 Å². The zero-order valence-electron chi connectivity index (χ0n) is 17.4. The summed E-state index contributed by atoms with van der Waals surface area (Å²) in [5, 5.41) is 12.3. The van der Waals surface area contributed by atoms with Crippen molar-refractivity contribution in [3.05, 3.63) is 114 Å². The third kappa shape index (κ3) is 4.35. The molecular formula is C27H20FN3O. The maximum atomic E-state index is 13.1. The number of hydrogen-bond acceptors (Lipinski definition) is 2. The number of halogens is 1. The summed E-state index contributed by atoms with van der Waals surface area (Å²) in [6, 6.07) is 29.1. The van der Waals surface area contributed by atoms with E-state index in [-0.39, 0.29) is 5.57 Å². The number of nitrogens with zero attached hydrogens (tertiary/aromatic N) is 2. The topological polar surface area (TPSA) is 57.8 Å². The Balaban J connectivity index is 1.80. The molecule has 5 heteroatoms. The van der Waals surface area contributed by atoms with Crippen molar-refractivity contribution in [2.75, 3.05) is 5.32 Å². The van der Waals surface area contributed by atoms with E-state index in [0.717, 1.165) is 28.2 Å². The molecular weight excluding hydrogens is 401 g/mol. The lowest BCUT2D eigenvalue weighted by Gasteiger charge is -2.13. The molecule has 4 aromatic rings. The van der Waals surface area contributed by atoms with E-state index < -0.39 is 11.7 Å². The van der Waals surface area contributed by atoms with Gasteiger partial charge in [0.25, 0.3) is 5.91 Å². The van der Waals surface area contributed by atoms with Crippen molar-refractivity contribution in [1.29, 1.82) is 5.26 Å². The summed E-state index contributed by atoms with van der Waals surface area (Å²) >= 11 is 0. The Morgan fingerprint density at radius 2 is 1.59 bits per heavy atom. The monoisotopic (exact) mass is 421 g/mol. The Morgan fingerprint density at radius 1 is 0.969 bits per heavy atom. The summed E-state index contributed by atoms with van der Waals surface area (Å²) in [6.45, 7) is 1.99. The smallest absolute Gasteiger partial charge is 0.266 e. The van der Waals surface area contributed by atoms with Gasteiger partial charge in [-0.2, -0.15) is 5.26 Å². The van der Waals surface area contributed by atoms with Crippen LogP contribution in [0.4, 0.5) is 10.1 Å². The van der Waals surface area contributed by atoms with Crippen molar-refractivity contribution in [3.8, 4) is 23.0 Å². The average molecular weight is 421 g/mol. The van der Waals surface area contributed by atoms with E-state index in [2.05, 4.69) is 9.88 Å². The Kier molecular flexibility index (Phi) is 5.96. The van der Waals surface area contributed by atoms with Gasteiger partial charge in [0.15, 0.2) is 0 Å². The number of benzene rings is 3. The molecule has 0 atom stereocenters. The van der Waals surface area contributed by atoms with Crippen LogP contribution in [-0.4, -0.2) is 10.5 Å². The molecule has 1 N–H and O–H groups in total. The number of aryl methyl sites for hydroxylation is 1. The molecule has 0 saturated carbocycles. The highest BCUT2D eigenvalue weighted by Gasteiger charge is 2.17. The van der Waals surface area contributed by atoms with Gasteiger partial charge < -0.3 is 9.88 Å². The van der Waals surface area contributed by atoms with Crippen LogP contribution in [0, 0.1) is 24.1 Å². The highest BCUT2D eigenvalue weighted by Crippen LogP contribution is 2.32. The summed E-state index contributed by atoms with van der Waals surface area (Å²) in [5.41, 5.74) is 4.93. The summed E-state index contributed by atoms with van der Waals surface area (Å²) in [7, 11) is 0. The zero-order chi connectivity index (χ0) is 22.5. The van der Waals surface area contributed by atoms with Crippen molar-refractivity contribution in [1.82, 2.24) is 4.57 Å². The molecule has 0 aliphatic carbocycles. The molecule has 4 rings (SSSR count). The molecule has 4 nitrogen and oxygen atoms in total. The number of carbonyl (C=O) groups is 1. The van der Waals surface area contributed by atoms with Crippen LogP contribution in [0.25, 0.3) is 23.0 Å². The summed E-state index contributed by atoms with van der Waals surface area (Å²) in [6.07, 6.45) is 1.59. The lowest BCUT2D eigenvalue weighted by atomic mass is 10.0. The average Bonchev–Trinajstić information content (AvgIpc) is 3.15. The van der Waals surface area contributed by atoms with E-state index in [9.17, 15) is 14.4 Å². The van der Waals surface area contributed by atoms with Gasteiger partial charge in [-0.15, -0.1) is 0 Å². The second-order valence-corrected chi connectivity index (χ2v) is 7.26. The number of para-hydroxylation sites is 1. The lowest BCUT2D eigenvalue weighted by molar-refractivity contribution is -0.112. The predicted octanol–water partition coefficient (Wildman–Crippen LogP) is 6.14. The van der Waals surface area contributed by atoms with Gasteiger partial charge in [0, 0.05) is 22.6 Å². The number of carbonyl (C=O) groups excluding carboxylic acids is 1. The minimum absolute atomic E-state index is 0.0447. The van der Waals surface area contributed by atoms with E-state index in [1.54, 1.807) is 6.08 Å². The number of nitrogens with one attached hydrogen (secondary N) is 1. The Hall–Kier alpha value is -4.43. The van der Waals surface area contributed by atoms with Crippen LogP contribution in [-0.2, 0) is 4.79 Å². The molecule has 1 amide bonds. The summed E-state index contributed by atoms with van der Waals surface area (Å²) in [4.78, 5) is 12.7. The van der Waals surface area contributed by atoms with Crippen molar-refractivity contribution in [2.45, 2.75) is 6.92 Å². The summed E-state index contributed by atoms with van der Waals surface area (Å²) < 4.78 is 15.2. The van der Waals surface area contributed by atoms with E-state index in [0.29, 0.717) is 5.69 Å². The van der Waals surface area contributed by atoms with E-state index >= 15 is 0 Å². The molecule has 0 saturated heterocycles. The minimum Gasteiger partial charge on any atom is -0.321 e. The first-order valence-electron chi connectivity index (χ1n) is 10.1. The van der Waals surface area contributed by atoms with Gasteiger partial charge >= 0.3 is 0 Å². The van der Waals surface area contributed by atoms with Crippen LogP contribution in [0.15, 0.2) is 96.6 Å². The molecule has 0 bridgehead atoms. The Morgan fingerprint density at radius 3 is 2.22 bits per heavy atom. The van der Waals surface area contributed by atoms with Gasteiger partial charge in [0.1, 0.15) is 17.5 Å². The van der Waals surface area contributed by atoms with Gasteiger partial charge in [-0.1, -0.05) is 48.5 Å². The minimum atomic E-state index is -0.553. The van der Waals surface area contributed by atoms with E-state index in [1.165, 1.54) is 24.3 Å². The Bertz CT molecular complexity index is 1320. The van der Waals surface area contributed by atoms with Crippen LogP contribution in [0.2, 0.25) is 0 Å². The first kappa shape index (κ1) is 20.8. The molecule has 156 valence electrons. The normalized spacial score (nSPS) is 11.1. The number of anilines is 1. The van der Waals surface area contributed by atoms with Gasteiger partial charge in [-0.25, -0.2) is 4.39 Å². The highest BCUT2D eigenvalue weighted by atomic mass is 19.1. The standard InChI is InChI=1S/C27H20FN3O/c1-19-16-21(17-22(18-29)27(32)30-24-14-12-23(28)13-15-24)26(20-8-4-2-5-9-20)31(19)25-10-6-3-7-11-25/h2-17H,1H3,(H,30,32)/b22-17-. The third-order valence-electron chi connectivity index (χ3n) is 5.04. The van der Waals surface area contributed by atoms with Gasteiger partial charge in [-0.05, 0) is 61.0 Å². The van der Waals surface area contributed by atoms with Gasteiger partial charge in [-0.3, -0.25) is 4.79 Å². The van der Waals surface area contributed by atoms with Gasteiger partial charge in [0.2, 0.25) is 0 Å². The van der Waals surface area contributed by atoms with E-state index in [1.807, 2.05) is 79.7 Å². The molecule has 0 spiro atoms. The number of amides is 1. The first-order chi connectivity index (χ1) is 15.6. The maximum absolute atomic E-state index is 13.1. The van der Waals surface area contributed by atoms with Gasteiger partial charge in [0.05, 0.1) is 5.69 Å². The second kappa shape index (κ2) is 9.15. The van der Waals surface area contributed by atoms with Crippen molar-refractivity contribution in [2.24, 2.45) is 0 Å². The fourth-order valence-corrected chi connectivity index (χ4v) is 3.61. The molecule has 0 fully saturated rings. The molecule has 32 heavy (non-hydrogen) atoms. The van der Waals surface area contributed by atoms with Crippen LogP contribution in [0.1, 0.15) is 11.3 Å². The summed E-state index contributed by atoms with van der Waals surface area (Å²) in [5.74, 6) is -0.951. The molecule has 1 aromatic heterocycles. The lowest BCUT2D eigenvalue weighted by Crippen LogP contribution is -2.13. The SMILES string of the molecule is Cc1cc(/C=C(/C#N)C(=O)Nc2ccc(F)cc2)c(-c2ccccc2)n1-c1ccccc1. The molecule has 0 aliphatic rings. The fraction of sp³-hybridized carbons (Fsp3) is 0.0370. The quantitative estimate of drug-likeness (QED) is 0.311. The van der Waals surface area contributed by atoms with Crippen molar-refractivity contribution >= 4 is 17.7 Å². The molecule has 0 unspecified atom stereocenters. The number of nitriles is 1. The van der Waals surface area contributed by atoms with Crippen LogP contribution >= 0.6 is 0 Å². The van der Waals surface area contributed by atoms with Crippen LogP contribution in [0.3, 0.4) is 0 Å². The fourth-order valence-electron chi connectivity index (χ4n) is 3.61. The largest absolute Gasteiger partial charge is 0.321 e. The third-order valence-corrected chi connectivity index (χ3v) is 5.04. The molecule has 3 aromatic carbocycles. The zero-order valence-corrected chi connectivity index (χ0v) is 17.4. The maximum Gasteiger partial charge on any atom is 0.266 e. The first-order valence-corrected chi connectivity index (χ1v) is 10.1. The number of rotatable bonds is 5. The molecule has 0 radical (unpaired) electrons. The van der Waals surface area contributed by atoms with Crippen molar-refractivity contribution in [3.63, 3.8) is 0 Å². The molecule has 1 heterocycles. The Labute approximate surface area is 185 Å². The van der Waals surface area contributed by atoms with Crippen molar-refractivity contribution < 1.29 is 9.18 Å². The second-order valence-electron chi connectivity index (χ2n) is 7.26. The van der Waals surface area contributed by atoms with Crippen LogP contribution < -0.4 is 5.32 Å². The predicted molar refractivity (Wildman–Crippen MR) is 125 cm³/mol.